The van der Waals surface area contributed by atoms with Crippen LogP contribution in [-0.2, 0) is 9.53 Å². The van der Waals surface area contributed by atoms with E-state index >= 15 is 0 Å². The Morgan fingerprint density at radius 2 is 2.33 bits per heavy atom. The van der Waals surface area contributed by atoms with Crippen molar-refractivity contribution in [2.24, 2.45) is 5.92 Å². The summed E-state index contributed by atoms with van der Waals surface area (Å²) in [5.74, 6) is 0.0173. The van der Waals surface area contributed by atoms with E-state index in [0.29, 0.717) is 0 Å². The molecule has 1 atom stereocenters. The minimum absolute atomic E-state index is 0.141. The molecule has 0 saturated heterocycles. The Morgan fingerprint density at radius 3 is 2.67 bits per heavy atom. The average Bonchev–Trinajstić information content (AvgIpc) is 2.40. The number of carbonyl (C=O) groups is 1. The summed E-state index contributed by atoms with van der Waals surface area (Å²) in [5.41, 5.74) is -0.474. The van der Waals surface area contributed by atoms with Gasteiger partial charge in [-0.25, -0.2) is 0 Å². The van der Waals surface area contributed by atoms with Crippen molar-refractivity contribution < 1.29 is 9.53 Å². The number of hydrogen-bond acceptors (Lipinski definition) is 2. The summed E-state index contributed by atoms with van der Waals surface area (Å²) in [4.78, 5) is 10.7. The topological polar surface area (TPSA) is 26.3 Å². The number of hydrogen-bond donors (Lipinski definition) is 0. The number of halogens is 1. The first-order valence-electron chi connectivity index (χ1n) is 3.04. The van der Waals surface area contributed by atoms with Gasteiger partial charge in [-0.1, -0.05) is 11.6 Å². The molecule has 0 spiro atoms. The highest BCUT2D eigenvalue weighted by molar-refractivity contribution is 6.20. The summed E-state index contributed by atoms with van der Waals surface area (Å²) in [5, 5.41) is 0. The normalized spacial score (nSPS) is 21.1. The van der Waals surface area contributed by atoms with E-state index in [1.807, 2.05) is 0 Å². The predicted octanol–water partition coefficient (Wildman–Crippen LogP) is 1.52. The molecular formula is C6H9ClO2. The minimum Gasteiger partial charge on any atom is -0.446 e. The number of alkyl halides is 1. The zero-order valence-electron chi connectivity index (χ0n) is 5.26. The van der Waals surface area contributed by atoms with Crippen LogP contribution in [0.25, 0.3) is 0 Å². The zero-order chi connectivity index (χ0) is 6.85. The molecule has 1 rings (SSSR count). The Labute approximate surface area is 59.1 Å². The quantitative estimate of drug-likeness (QED) is 0.439. The van der Waals surface area contributed by atoms with Gasteiger partial charge in [-0.15, -0.1) is 0 Å². The van der Waals surface area contributed by atoms with E-state index in [4.69, 9.17) is 16.3 Å². The lowest BCUT2D eigenvalue weighted by Crippen LogP contribution is -2.10. The maximum absolute atomic E-state index is 10.7. The second kappa shape index (κ2) is 2.56. The zero-order valence-corrected chi connectivity index (χ0v) is 6.02. The van der Waals surface area contributed by atoms with Crippen LogP contribution in [0.3, 0.4) is 0 Å². The summed E-state index contributed by atoms with van der Waals surface area (Å²) in [7, 11) is 0. The van der Waals surface area contributed by atoms with E-state index in [2.05, 4.69) is 0 Å². The molecule has 0 amide bonds. The largest absolute Gasteiger partial charge is 0.446 e. The van der Waals surface area contributed by atoms with E-state index in [0.717, 1.165) is 12.8 Å². The smallest absolute Gasteiger partial charge is 0.310 e. The second-order valence-electron chi connectivity index (χ2n) is 2.25. The Balaban J connectivity index is 2.18. The first-order valence-corrected chi connectivity index (χ1v) is 3.48. The van der Waals surface area contributed by atoms with Crippen molar-refractivity contribution in [1.29, 1.82) is 0 Å². The molecule has 3 heteroatoms. The third-order valence-corrected chi connectivity index (χ3v) is 1.28. The molecule has 0 aliphatic heterocycles. The number of esters is 1. The van der Waals surface area contributed by atoms with Crippen molar-refractivity contribution in [2.75, 3.05) is 0 Å². The molecule has 9 heavy (non-hydrogen) atoms. The highest BCUT2D eigenvalue weighted by Crippen LogP contribution is 2.30. The summed E-state index contributed by atoms with van der Waals surface area (Å²) in [6.45, 7) is 1.64. The van der Waals surface area contributed by atoms with Gasteiger partial charge in [0, 0.05) is 0 Å². The first-order chi connectivity index (χ1) is 4.20. The third kappa shape index (κ3) is 2.22. The Morgan fingerprint density at radius 1 is 1.78 bits per heavy atom. The monoisotopic (exact) mass is 148 g/mol. The van der Waals surface area contributed by atoms with Crippen molar-refractivity contribution in [3.05, 3.63) is 0 Å². The van der Waals surface area contributed by atoms with Crippen LogP contribution in [-0.4, -0.2) is 11.5 Å². The van der Waals surface area contributed by atoms with Crippen LogP contribution < -0.4 is 0 Å². The van der Waals surface area contributed by atoms with E-state index in [9.17, 15) is 4.79 Å². The Hall–Kier alpha value is -0.240. The van der Waals surface area contributed by atoms with Gasteiger partial charge in [-0.05, 0) is 19.8 Å². The lowest BCUT2D eigenvalue weighted by Gasteiger charge is -2.03. The summed E-state index contributed by atoms with van der Waals surface area (Å²) < 4.78 is 4.70. The standard InChI is InChI=1S/C6H9ClO2/c1-4(7)9-6(8)5-2-3-5/h4-5H,2-3H2,1H3/t4-/m1/s1. The van der Waals surface area contributed by atoms with Crippen LogP contribution in [0.4, 0.5) is 0 Å². The predicted molar refractivity (Wildman–Crippen MR) is 34.1 cm³/mol. The van der Waals surface area contributed by atoms with Gasteiger partial charge in [-0.2, -0.15) is 0 Å². The van der Waals surface area contributed by atoms with Crippen LogP contribution in [0.2, 0.25) is 0 Å². The molecule has 1 saturated carbocycles. The highest BCUT2D eigenvalue weighted by Gasteiger charge is 2.31. The fourth-order valence-corrected chi connectivity index (χ4v) is 0.663. The Bertz CT molecular complexity index is 118. The molecule has 0 aromatic carbocycles. The average molecular weight is 149 g/mol. The van der Waals surface area contributed by atoms with Gasteiger partial charge in [0.2, 0.25) is 0 Å². The van der Waals surface area contributed by atoms with Crippen LogP contribution in [0, 0.1) is 5.92 Å². The minimum atomic E-state index is -0.474. The van der Waals surface area contributed by atoms with Gasteiger partial charge in [0.05, 0.1) is 5.92 Å². The van der Waals surface area contributed by atoms with Gasteiger partial charge in [0.1, 0.15) is 0 Å². The molecule has 0 radical (unpaired) electrons. The van der Waals surface area contributed by atoms with Crippen molar-refractivity contribution in [1.82, 2.24) is 0 Å². The molecule has 0 heterocycles. The van der Waals surface area contributed by atoms with Crippen molar-refractivity contribution >= 4 is 17.6 Å². The van der Waals surface area contributed by atoms with Gasteiger partial charge >= 0.3 is 5.97 Å². The third-order valence-electron chi connectivity index (χ3n) is 1.19. The fourth-order valence-electron chi connectivity index (χ4n) is 0.575. The van der Waals surface area contributed by atoms with E-state index in [1.165, 1.54) is 0 Å². The molecule has 2 nitrogen and oxygen atoms in total. The molecular weight excluding hydrogens is 140 g/mol. The van der Waals surface area contributed by atoms with E-state index in [-0.39, 0.29) is 11.9 Å². The SMILES string of the molecule is C[C@H](Cl)OC(=O)C1CC1. The Kier molecular flexibility index (Phi) is 1.96. The lowest BCUT2D eigenvalue weighted by molar-refractivity contribution is -0.146. The van der Waals surface area contributed by atoms with Crippen molar-refractivity contribution in [3.63, 3.8) is 0 Å². The van der Waals surface area contributed by atoms with Gasteiger partial charge in [0.15, 0.2) is 5.56 Å². The molecule has 1 aliphatic rings. The molecule has 0 N–H and O–H groups in total. The van der Waals surface area contributed by atoms with Gasteiger partial charge in [-0.3, -0.25) is 4.79 Å². The van der Waals surface area contributed by atoms with Crippen LogP contribution in [0.1, 0.15) is 19.8 Å². The van der Waals surface area contributed by atoms with Crippen LogP contribution in [0.5, 0.6) is 0 Å². The maximum Gasteiger partial charge on any atom is 0.310 e. The van der Waals surface area contributed by atoms with Gasteiger partial charge < -0.3 is 4.74 Å². The van der Waals surface area contributed by atoms with Crippen molar-refractivity contribution in [3.8, 4) is 0 Å². The molecule has 52 valence electrons. The molecule has 0 aromatic heterocycles. The number of ether oxygens (including phenoxy) is 1. The number of carbonyl (C=O) groups excluding carboxylic acids is 1. The summed E-state index contributed by atoms with van der Waals surface area (Å²) >= 11 is 5.40. The summed E-state index contributed by atoms with van der Waals surface area (Å²) in [6, 6.07) is 0. The molecule has 1 fully saturated rings. The lowest BCUT2D eigenvalue weighted by atomic mass is 10.4. The van der Waals surface area contributed by atoms with Gasteiger partial charge in [0.25, 0.3) is 0 Å². The molecule has 0 bridgehead atoms. The fraction of sp³-hybridized carbons (Fsp3) is 0.833. The molecule has 0 unspecified atom stereocenters. The second-order valence-corrected chi connectivity index (χ2v) is 2.87. The number of rotatable bonds is 2. The molecule has 0 aromatic rings. The molecule has 1 aliphatic carbocycles. The van der Waals surface area contributed by atoms with Crippen LogP contribution >= 0.6 is 11.6 Å². The first kappa shape index (κ1) is 6.87. The van der Waals surface area contributed by atoms with E-state index < -0.39 is 5.56 Å². The highest BCUT2D eigenvalue weighted by atomic mass is 35.5. The van der Waals surface area contributed by atoms with Crippen molar-refractivity contribution in [2.45, 2.75) is 25.3 Å². The maximum atomic E-state index is 10.7. The summed E-state index contributed by atoms with van der Waals surface area (Å²) in [6.07, 6.45) is 1.95. The van der Waals surface area contributed by atoms with E-state index in [1.54, 1.807) is 6.92 Å². The van der Waals surface area contributed by atoms with Crippen LogP contribution in [0.15, 0.2) is 0 Å².